The highest BCUT2D eigenvalue weighted by atomic mass is 16.6. The van der Waals surface area contributed by atoms with Crippen LogP contribution in [-0.2, 0) is 22.6 Å². The number of non-ortho nitro benzene ring substituents is 1. The van der Waals surface area contributed by atoms with Gasteiger partial charge in [-0.3, -0.25) is 34.4 Å². The first kappa shape index (κ1) is 23.9. The summed E-state index contributed by atoms with van der Waals surface area (Å²) in [7, 11) is 1.42. The van der Waals surface area contributed by atoms with Gasteiger partial charge in [-0.2, -0.15) is 0 Å². The maximum atomic E-state index is 14.1. The molecule has 2 fully saturated rings. The molecule has 3 aliphatic heterocycles. The first-order valence-electron chi connectivity index (χ1n) is 12.2. The van der Waals surface area contributed by atoms with Gasteiger partial charge in [0.1, 0.15) is 0 Å². The number of benzene rings is 2. The number of barbiturate groups is 1. The molecule has 0 aromatic heterocycles. The van der Waals surface area contributed by atoms with Crippen LogP contribution in [0, 0.1) is 15.5 Å². The third kappa shape index (κ3) is 3.63. The van der Waals surface area contributed by atoms with Crippen LogP contribution in [0.25, 0.3) is 0 Å². The van der Waals surface area contributed by atoms with Crippen molar-refractivity contribution in [2.45, 2.75) is 32.4 Å². The lowest BCUT2D eigenvalue weighted by atomic mass is 9.67. The molecule has 0 aliphatic carbocycles. The number of piperazine rings is 1. The second-order valence-electron chi connectivity index (χ2n) is 9.75. The number of carbonyl (C=O) groups excluding carboxylic acids is 3. The molecular weight excluding hydrogens is 462 g/mol. The highest BCUT2D eigenvalue weighted by Crippen LogP contribution is 2.47. The highest BCUT2D eigenvalue weighted by molar-refractivity contribution is 6.20. The number of amides is 4. The molecule has 5 rings (SSSR count). The fourth-order valence-electron chi connectivity index (χ4n) is 5.90. The number of hydrogen-bond acceptors (Lipinski definition) is 7. The first-order chi connectivity index (χ1) is 17.3. The van der Waals surface area contributed by atoms with Crippen LogP contribution in [0.2, 0.25) is 0 Å². The molecule has 3 heterocycles. The standard InChI is InChI=1S/C26H29N5O5/c1-3-11-30-24(33)26(23(32)27(2)25(30)34)15-19-14-20(31(35)36)9-10-21(19)29-13-12-28(17-22(26)29)16-18-7-5-4-6-8-18/h4-10,14,22H,3,11-13,15-17H2,1-2H3/t22-,26+/m0/s1. The van der Waals surface area contributed by atoms with Gasteiger partial charge in [-0.1, -0.05) is 37.3 Å². The molecular formula is C26H29N5O5. The molecule has 188 valence electrons. The zero-order valence-corrected chi connectivity index (χ0v) is 20.4. The molecule has 10 nitrogen and oxygen atoms in total. The molecule has 4 amide bonds. The van der Waals surface area contributed by atoms with Crippen LogP contribution in [0.4, 0.5) is 16.2 Å². The number of nitrogens with zero attached hydrogens (tertiary/aromatic N) is 5. The molecule has 0 radical (unpaired) electrons. The number of carbonyl (C=O) groups is 3. The molecule has 2 atom stereocenters. The van der Waals surface area contributed by atoms with Gasteiger partial charge in [0, 0.05) is 64.0 Å². The molecule has 0 unspecified atom stereocenters. The van der Waals surface area contributed by atoms with Crippen molar-refractivity contribution in [2.75, 3.05) is 38.1 Å². The Labute approximate surface area is 209 Å². The molecule has 2 saturated heterocycles. The van der Waals surface area contributed by atoms with Crippen LogP contribution in [-0.4, -0.2) is 76.7 Å². The quantitative estimate of drug-likeness (QED) is 0.360. The molecule has 2 aromatic rings. The van der Waals surface area contributed by atoms with E-state index < -0.39 is 34.2 Å². The molecule has 1 spiro atoms. The summed E-state index contributed by atoms with van der Waals surface area (Å²) in [6.45, 7) is 4.45. The van der Waals surface area contributed by atoms with E-state index in [1.165, 1.54) is 24.1 Å². The smallest absolute Gasteiger partial charge is 0.333 e. The molecule has 3 aliphatic rings. The predicted octanol–water partition coefficient (Wildman–Crippen LogP) is 2.66. The number of urea groups is 1. The van der Waals surface area contributed by atoms with Crippen molar-refractivity contribution >= 4 is 29.2 Å². The van der Waals surface area contributed by atoms with Crippen molar-refractivity contribution in [1.82, 2.24) is 14.7 Å². The van der Waals surface area contributed by atoms with Gasteiger partial charge in [0.15, 0.2) is 5.41 Å². The minimum Gasteiger partial charge on any atom is -0.364 e. The molecule has 10 heteroatoms. The Hall–Kier alpha value is -3.79. The Kier molecular flexibility index (Phi) is 5.99. The van der Waals surface area contributed by atoms with Crippen molar-refractivity contribution in [3.05, 3.63) is 69.8 Å². The topological polar surface area (TPSA) is 107 Å². The summed E-state index contributed by atoms with van der Waals surface area (Å²) in [5, 5.41) is 11.5. The van der Waals surface area contributed by atoms with Crippen LogP contribution in [0.1, 0.15) is 24.5 Å². The van der Waals surface area contributed by atoms with Gasteiger partial charge in [-0.05, 0) is 23.6 Å². The van der Waals surface area contributed by atoms with E-state index in [-0.39, 0.29) is 18.7 Å². The monoisotopic (exact) mass is 491 g/mol. The number of imide groups is 2. The zero-order valence-electron chi connectivity index (χ0n) is 20.4. The molecule has 0 bridgehead atoms. The lowest BCUT2D eigenvalue weighted by Crippen LogP contribution is -2.75. The third-order valence-corrected chi connectivity index (χ3v) is 7.61. The van der Waals surface area contributed by atoms with E-state index in [4.69, 9.17) is 0 Å². The van der Waals surface area contributed by atoms with Crippen LogP contribution in [0.3, 0.4) is 0 Å². The summed E-state index contributed by atoms with van der Waals surface area (Å²) in [6, 6.07) is 13.5. The van der Waals surface area contributed by atoms with Crippen molar-refractivity contribution < 1.29 is 19.3 Å². The Balaban J connectivity index is 1.61. The summed E-state index contributed by atoms with van der Waals surface area (Å²) >= 11 is 0. The molecule has 36 heavy (non-hydrogen) atoms. The maximum absolute atomic E-state index is 14.1. The number of rotatable bonds is 5. The lowest BCUT2D eigenvalue weighted by molar-refractivity contribution is -0.384. The van der Waals surface area contributed by atoms with E-state index in [1.54, 1.807) is 6.07 Å². The van der Waals surface area contributed by atoms with Gasteiger partial charge in [-0.25, -0.2) is 4.79 Å². The summed E-state index contributed by atoms with van der Waals surface area (Å²) < 4.78 is 0. The second-order valence-corrected chi connectivity index (χ2v) is 9.75. The minimum absolute atomic E-state index is 0.0137. The fourth-order valence-corrected chi connectivity index (χ4v) is 5.90. The van der Waals surface area contributed by atoms with E-state index in [0.29, 0.717) is 38.2 Å². The Bertz CT molecular complexity index is 1230. The van der Waals surface area contributed by atoms with Crippen molar-refractivity contribution in [2.24, 2.45) is 5.41 Å². The summed E-state index contributed by atoms with van der Waals surface area (Å²) in [5.41, 5.74) is 0.884. The van der Waals surface area contributed by atoms with E-state index in [1.807, 2.05) is 42.2 Å². The van der Waals surface area contributed by atoms with Crippen LogP contribution in [0.15, 0.2) is 48.5 Å². The van der Waals surface area contributed by atoms with Gasteiger partial charge in [0.05, 0.1) is 11.0 Å². The summed E-state index contributed by atoms with van der Waals surface area (Å²) in [6.07, 6.45) is 0.575. The van der Waals surface area contributed by atoms with Crippen LogP contribution in [0.5, 0.6) is 0 Å². The number of nitro benzene ring substituents is 1. The average Bonchev–Trinajstić information content (AvgIpc) is 2.89. The fraction of sp³-hybridized carbons (Fsp3) is 0.423. The SMILES string of the molecule is CCCN1C(=O)N(C)C(=O)[C@]2(Cc3cc([N+](=O)[O-])ccc3N3CCN(Cc4ccccc4)C[C@H]32)C1=O. The average molecular weight is 492 g/mol. The Morgan fingerprint density at radius 3 is 2.50 bits per heavy atom. The van der Waals surface area contributed by atoms with Crippen molar-refractivity contribution in [1.29, 1.82) is 0 Å². The van der Waals surface area contributed by atoms with Gasteiger partial charge in [0.25, 0.3) is 5.69 Å². The first-order valence-corrected chi connectivity index (χ1v) is 12.2. The van der Waals surface area contributed by atoms with Crippen molar-refractivity contribution in [3.8, 4) is 0 Å². The Morgan fingerprint density at radius 1 is 1.06 bits per heavy atom. The van der Waals surface area contributed by atoms with Gasteiger partial charge in [-0.15, -0.1) is 0 Å². The van der Waals surface area contributed by atoms with Crippen LogP contribution < -0.4 is 4.90 Å². The summed E-state index contributed by atoms with van der Waals surface area (Å²) in [5.74, 6) is -1.05. The normalized spacial score (nSPS) is 24.2. The summed E-state index contributed by atoms with van der Waals surface area (Å²) in [4.78, 5) is 58.4. The third-order valence-electron chi connectivity index (χ3n) is 7.61. The Morgan fingerprint density at radius 2 is 1.81 bits per heavy atom. The minimum atomic E-state index is -1.55. The van der Waals surface area contributed by atoms with Gasteiger partial charge < -0.3 is 4.90 Å². The van der Waals surface area contributed by atoms with Crippen molar-refractivity contribution in [3.63, 3.8) is 0 Å². The number of anilines is 1. The largest absolute Gasteiger partial charge is 0.364 e. The molecule has 2 aromatic carbocycles. The zero-order chi connectivity index (χ0) is 25.6. The predicted molar refractivity (Wildman–Crippen MR) is 132 cm³/mol. The maximum Gasteiger partial charge on any atom is 0.333 e. The van der Waals surface area contributed by atoms with E-state index in [9.17, 15) is 24.5 Å². The molecule has 0 saturated carbocycles. The number of hydrogen-bond donors (Lipinski definition) is 0. The van der Waals surface area contributed by atoms with Gasteiger partial charge >= 0.3 is 6.03 Å². The van der Waals surface area contributed by atoms with E-state index in [2.05, 4.69) is 4.90 Å². The second kappa shape index (κ2) is 9.02. The van der Waals surface area contributed by atoms with E-state index >= 15 is 0 Å². The van der Waals surface area contributed by atoms with Crippen LogP contribution >= 0.6 is 0 Å². The number of fused-ring (bicyclic) bond motifs is 4. The van der Waals surface area contributed by atoms with Gasteiger partial charge in [0.2, 0.25) is 11.8 Å². The highest BCUT2D eigenvalue weighted by Gasteiger charge is 2.64. The number of nitro groups is 1. The van der Waals surface area contributed by atoms with E-state index in [0.717, 1.165) is 16.2 Å². The lowest BCUT2D eigenvalue weighted by Gasteiger charge is -2.56. The molecule has 0 N–H and O–H groups in total.